The molecule has 3 aromatic rings. The van der Waals surface area contributed by atoms with Crippen LogP contribution in [0, 0.1) is 5.92 Å². The van der Waals surface area contributed by atoms with Gasteiger partial charge < -0.3 is 15.0 Å². The van der Waals surface area contributed by atoms with Crippen LogP contribution in [0.1, 0.15) is 74.0 Å². The van der Waals surface area contributed by atoms with Crippen LogP contribution < -0.4 is 10.2 Å². The predicted octanol–water partition coefficient (Wildman–Crippen LogP) is 4.23. The highest BCUT2D eigenvalue weighted by Crippen LogP contribution is 2.35. The first kappa shape index (κ1) is 22.4. The van der Waals surface area contributed by atoms with Crippen molar-refractivity contribution >= 4 is 23.1 Å². The molecule has 6 rings (SSSR count). The van der Waals surface area contributed by atoms with E-state index < -0.39 is 18.0 Å². The first-order chi connectivity index (χ1) is 16.9. The van der Waals surface area contributed by atoms with Crippen molar-refractivity contribution in [2.24, 2.45) is 5.92 Å². The van der Waals surface area contributed by atoms with Crippen LogP contribution in [0.3, 0.4) is 0 Å². The van der Waals surface area contributed by atoms with Crippen molar-refractivity contribution in [3.63, 3.8) is 0 Å². The molecule has 2 saturated heterocycles. The Bertz CT molecular complexity index is 1220. The SMILES string of the molecule is CC1CCC(n2cc(NC(=O)c3cnn4ccc(N5CC6CCC(C5)O6)nc34)c(C(F)F)n2)CC1. The van der Waals surface area contributed by atoms with E-state index >= 15 is 0 Å². The highest BCUT2D eigenvalue weighted by atomic mass is 19.3. The summed E-state index contributed by atoms with van der Waals surface area (Å²) in [5.41, 5.74) is 0.225. The van der Waals surface area contributed by atoms with Crippen molar-refractivity contribution in [3.8, 4) is 0 Å². The van der Waals surface area contributed by atoms with Crippen LogP contribution in [0.15, 0.2) is 24.7 Å². The minimum atomic E-state index is -2.79. The number of halogens is 2. The van der Waals surface area contributed by atoms with Crippen molar-refractivity contribution < 1.29 is 18.3 Å². The number of ether oxygens (including phenoxy) is 1. The lowest BCUT2D eigenvalue weighted by molar-refractivity contribution is 0.0302. The molecule has 11 heteroatoms. The highest BCUT2D eigenvalue weighted by Gasteiger charge is 2.34. The Morgan fingerprint density at radius 3 is 2.60 bits per heavy atom. The standard InChI is InChI=1S/C24H29F2N7O2/c1-14-2-4-15(5-3-14)33-13-19(21(30-33)22(25)26)28-24(34)18-10-27-32-9-8-20(29-23(18)32)31-11-16-6-7-17(12-31)35-16/h8-10,13-17,22H,2-7,11-12H2,1H3,(H,28,34). The number of fused-ring (bicyclic) bond motifs is 3. The summed E-state index contributed by atoms with van der Waals surface area (Å²) in [4.78, 5) is 20.0. The second-order valence-electron chi connectivity index (χ2n) is 10.1. The molecule has 0 aromatic carbocycles. The maximum absolute atomic E-state index is 13.8. The van der Waals surface area contributed by atoms with E-state index in [9.17, 15) is 13.6 Å². The number of nitrogens with zero attached hydrogens (tertiary/aromatic N) is 6. The van der Waals surface area contributed by atoms with Crippen LogP contribution in [0.4, 0.5) is 20.3 Å². The lowest BCUT2D eigenvalue weighted by atomic mass is 9.87. The van der Waals surface area contributed by atoms with Gasteiger partial charge in [-0.1, -0.05) is 6.92 Å². The number of anilines is 2. The van der Waals surface area contributed by atoms with Gasteiger partial charge in [-0.15, -0.1) is 0 Å². The van der Waals surface area contributed by atoms with Gasteiger partial charge in [-0.25, -0.2) is 18.3 Å². The van der Waals surface area contributed by atoms with E-state index in [1.54, 1.807) is 10.9 Å². The molecule has 1 amide bonds. The number of carbonyl (C=O) groups is 1. The molecule has 2 aliphatic heterocycles. The zero-order chi connectivity index (χ0) is 24.1. The Morgan fingerprint density at radius 1 is 1.14 bits per heavy atom. The zero-order valence-corrected chi connectivity index (χ0v) is 19.6. The zero-order valence-electron chi connectivity index (χ0n) is 19.6. The molecular weight excluding hydrogens is 456 g/mol. The van der Waals surface area contributed by atoms with Gasteiger partial charge in [-0.2, -0.15) is 10.2 Å². The molecule has 2 unspecified atom stereocenters. The van der Waals surface area contributed by atoms with Gasteiger partial charge in [0, 0.05) is 25.5 Å². The summed E-state index contributed by atoms with van der Waals surface area (Å²) in [5, 5.41) is 11.0. The normalized spacial score (nSPS) is 26.6. The molecule has 1 aliphatic carbocycles. The second kappa shape index (κ2) is 8.85. The number of morpholine rings is 1. The topological polar surface area (TPSA) is 89.6 Å². The summed E-state index contributed by atoms with van der Waals surface area (Å²) in [6.45, 7) is 3.72. The molecule has 2 bridgehead atoms. The summed E-state index contributed by atoms with van der Waals surface area (Å²) in [6, 6.07) is 1.94. The minimum Gasteiger partial charge on any atom is -0.371 e. The molecule has 3 fully saturated rings. The van der Waals surface area contributed by atoms with E-state index in [-0.39, 0.29) is 29.5 Å². The van der Waals surface area contributed by atoms with Crippen LogP contribution in [-0.2, 0) is 4.74 Å². The molecule has 5 heterocycles. The molecule has 1 saturated carbocycles. The van der Waals surface area contributed by atoms with Crippen LogP contribution >= 0.6 is 0 Å². The fourth-order valence-electron chi connectivity index (χ4n) is 5.54. The van der Waals surface area contributed by atoms with Crippen LogP contribution in [0.25, 0.3) is 5.65 Å². The molecule has 35 heavy (non-hydrogen) atoms. The monoisotopic (exact) mass is 485 g/mol. The number of alkyl halides is 2. The fourth-order valence-corrected chi connectivity index (χ4v) is 5.54. The Hall–Kier alpha value is -3.08. The van der Waals surface area contributed by atoms with Gasteiger partial charge in [0.2, 0.25) is 0 Å². The first-order valence-corrected chi connectivity index (χ1v) is 12.4. The quantitative estimate of drug-likeness (QED) is 0.582. The largest absolute Gasteiger partial charge is 0.371 e. The Balaban J connectivity index is 1.25. The predicted molar refractivity (Wildman–Crippen MR) is 125 cm³/mol. The van der Waals surface area contributed by atoms with Gasteiger partial charge in [0.1, 0.15) is 11.4 Å². The van der Waals surface area contributed by atoms with Crippen molar-refractivity contribution in [2.45, 2.75) is 70.1 Å². The third kappa shape index (κ3) is 4.26. The average molecular weight is 486 g/mol. The maximum Gasteiger partial charge on any atom is 0.284 e. The molecule has 9 nitrogen and oxygen atoms in total. The van der Waals surface area contributed by atoms with Crippen molar-refractivity contribution in [3.05, 3.63) is 35.9 Å². The van der Waals surface area contributed by atoms with Gasteiger partial charge in [0.15, 0.2) is 11.3 Å². The minimum absolute atomic E-state index is 0.0314. The number of nitrogens with one attached hydrogen (secondary N) is 1. The smallest absolute Gasteiger partial charge is 0.284 e. The summed E-state index contributed by atoms with van der Waals surface area (Å²) >= 11 is 0. The maximum atomic E-state index is 13.8. The van der Waals surface area contributed by atoms with Crippen LogP contribution in [-0.4, -0.2) is 55.6 Å². The third-order valence-corrected chi connectivity index (χ3v) is 7.54. The summed E-state index contributed by atoms with van der Waals surface area (Å²) < 4.78 is 36.6. The number of aromatic nitrogens is 5. The molecule has 1 N–H and O–H groups in total. The number of hydrogen-bond acceptors (Lipinski definition) is 6. The van der Waals surface area contributed by atoms with Crippen molar-refractivity contribution in [1.82, 2.24) is 24.4 Å². The molecule has 2 atom stereocenters. The van der Waals surface area contributed by atoms with Gasteiger partial charge in [-0.05, 0) is 50.5 Å². The van der Waals surface area contributed by atoms with Gasteiger partial charge in [-0.3, -0.25) is 9.48 Å². The van der Waals surface area contributed by atoms with E-state index in [4.69, 9.17) is 9.72 Å². The van der Waals surface area contributed by atoms with E-state index in [0.717, 1.165) is 57.4 Å². The fraction of sp³-hybridized carbons (Fsp3) is 0.583. The highest BCUT2D eigenvalue weighted by molar-refractivity contribution is 6.08. The van der Waals surface area contributed by atoms with E-state index in [1.807, 2.05) is 6.07 Å². The summed E-state index contributed by atoms with van der Waals surface area (Å²) in [6.07, 6.45) is 8.28. The Labute approximate surface area is 201 Å². The van der Waals surface area contributed by atoms with Gasteiger partial charge in [0.05, 0.1) is 30.1 Å². The van der Waals surface area contributed by atoms with E-state index in [0.29, 0.717) is 11.6 Å². The molecule has 3 aromatic heterocycles. The molecule has 186 valence electrons. The molecule has 0 spiro atoms. The Kier molecular flexibility index (Phi) is 5.66. The van der Waals surface area contributed by atoms with Crippen molar-refractivity contribution in [1.29, 1.82) is 0 Å². The second-order valence-corrected chi connectivity index (χ2v) is 10.1. The number of carbonyl (C=O) groups excluding carboxylic acids is 1. The number of rotatable bonds is 5. The van der Waals surface area contributed by atoms with Gasteiger partial charge in [0.25, 0.3) is 12.3 Å². The molecular formula is C24H29F2N7O2. The van der Waals surface area contributed by atoms with Gasteiger partial charge >= 0.3 is 0 Å². The Morgan fingerprint density at radius 2 is 1.89 bits per heavy atom. The van der Waals surface area contributed by atoms with Crippen molar-refractivity contribution in [2.75, 3.05) is 23.3 Å². The van der Waals surface area contributed by atoms with Crippen LogP contribution in [0.2, 0.25) is 0 Å². The first-order valence-electron chi connectivity index (χ1n) is 12.4. The van der Waals surface area contributed by atoms with E-state index in [1.165, 1.54) is 16.9 Å². The van der Waals surface area contributed by atoms with Crippen LogP contribution in [0.5, 0.6) is 0 Å². The molecule has 3 aliphatic rings. The summed E-state index contributed by atoms with van der Waals surface area (Å²) in [5.74, 6) is 0.849. The van der Waals surface area contributed by atoms with E-state index in [2.05, 4.69) is 27.3 Å². The lowest BCUT2D eigenvalue weighted by Gasteiger charge is -2.32. The molecule has 0 radical (unpaired) electrons. The number of hydrogen-bond donors (Lipinski definition) is 1. The number of amides is 1. The lowest BCUT2D eigenvalue weighted by Crippen LogP contribution is -2.43. The summed E-state index contributed by atoms with van der Waals surface area (Å²) in [7, 11) is 0. The third-order valence-electron chi connectivity index (χ3n) is 7.54. The average Bonchev–Trinajstić information content (AvgIpc) is 3.55.